The Hall–Kier alpha value is -1.68. The molecule has 5 heteroatoms. The van der Waals surface area contributed by atoms with Gasteiger partial charge in [0.05, 0.1) is 5.02 Å². The highest BCUT2D eigenvalue weighted by molar-refractivity contribution is 6.33. The van der Waals surface area contributed by atoms with E-state index >= 15 is 0 Å². The average Bonchev–Trinajstić information content (AvgIpc) is 2.37. The summed E-state index contributed by atoms with van der Waals surface area (Å²) in [5.74, 6) is 1.41. The van der Waals surface area contributed by atoms with Gasteiger partial charge in [-0.15, -0.1) is 0 Å². The van der Waals surface area contributed by atoms with E-state index in [1.807, 2.05) is 13.0 Å². The number of nitrogens with zero attached hydrogens (tertiary/aromatic N) is 2. The quantitative estimate of drug-likeness (QED) is 0.879. The Morgan fingerprint density at radius 1 is 1.24 bits per heavy atom. The molecule has 0 aliphatic carbocycles. The van der Waals surface area contributed by atoms with E-state index in [-0.39, 0.29) is 5.82 Å². The zero-order valence-corrected chi connectivity index (χ0v) is 13.2. The number of benzene rings is 1. The van der Waals surface area contributed by atoms with Crippen molar-refractivity contribution in [1.29, 1.82) is 0 Å². The number of anilines is 1. The molecule has 21 heavy (non-hydrogen) atoms. The van der Waals surface area contributed by atoms with Gasteiger partial charge in [-0.2, -0.15) is 0 Å². The third-order valence-corrected chi connectivity index (χ3v) is 3.24. The summed E-state index contributed by atoms with van der Waals surface area (Å²) in [5.41, 5.74) is 1.59. The second-order valence-electron chi connectivity index (χ2n) is 5.32. The number of nitrogens with one attached hydrogen (secondary N) is 1. The molecule has 0 amide bonds. The Kier molecular flexibility index (Phi) is 5.12. The van der Waals surface area contributed by atoms with Gasteiger partial charge in [0.2, 0.25) is 0 Å². The fourth-order valence-corrected chi connectivity index (χ4v) is 2.34. The zero-order valence-electron chi connectivity index (χ0n) is 12.5. The molecule has 0 aliphatic rings. The van der Waals surface area contributed by atoms with Gasteiger partial charge in [0.1, 0.15) is 11.6 Å². The minimum absolute atomic E-state index is 0.319. The van der Waals surface area contributed by atoms with Gasteiger partial charge in [-0.1, -0.05) is 25.4 Å². The maximum Gasteiger partial charge on any atom is 0.163 e. The fraction of sp³-hybridized carbons (Fsp3) is 0.375. The lowest BCUT2D eigenvalue weighted by molar-refractivity contribution is 0.628. The summed E-state index contributed by atoms with van der Waals surface area (Å²) in [5, 5.41) is 3.51. The van der Waals surface area contributed by atoms with E-state index in [0.717, 1.165) is 24.5 Å². The number of halogens is 2. The van der Waals surface area contributed by atoms with Gasteiger partial charge < -0.3 is 5.32 Å². The summed E-state index contributed by atoms with van der Waals surface area (Å²) in [6.45, 7) is 7.06. The average molecular weight is 308 g/mol. The highest BCUT2D eigenvalue weighted by Gasteiger charge is 2.11. The number of aromatic nitrogens is 2. The molecule has 0 spiro atoms. The van der Waals surface area contributed by atoms with Crippen molar-refractivity contribution in [2.24, 2.45) is 5.92 Å². The van der Waals surface area contributed by atoms with Crippen LogP contribution in [-0.4, -0.2) is 16.5 Å². The third kappa shape index (κ3) is 4.14. The second kappa shape index (κ2) is 6.85. The summed E-state index contributed by atoms with van der Waals surface area (Å²) in [4.78, 5) is 9.02. The standard InChI is InChI=1S/C16H19ClFN3/c1-4-19-15-9-12(7-10(2)3)20-16(21-15)13-6-5-11(18)8-14(13)17/h5-6,8-10H,4,7H2,1-3H3,(H,19,20,21). The molecule has 0 saturated carbocycles. The van der Waals surface area contributed by atoms with Crippen LogP contribution in [-0.2, 0) is 6.42 Å². The monoisotopic (exact) mass is 307 g/mol. The lowest BCUT2D eigenvalue weighted by atomic mass is 10.1. The van der Waals surface area contributed by atoms with Gasteiger partial charge in [0.25, 0.3) is 0 Å². The van der Waals surface area contributed by atoms with Crippen molar-refractivity contribution in [3.8, 4) is 11.4 Å². The summed E-state index contributed by atoms with van der Waals surface area (Å²) in [6, 6.07) is 6.21. The van der Waals surface area contributed by atoms with Crippen LogP contribution in [0.15, 0.2) is 24.3 Å². The fourth-order valence-electron chi connectivity index (χ4n) is 2.08. The SMILES string of the molecule is CCNc1cc(CC(C)C)nc(-c2ccc(F)cc2Cl)n1. The molecule has 0 aliphatic heterocycles. The van der Waals surface area contributed by atoms with E-state index in [1.165, 1.54) is 12.1 Å². The maximum absolute atomic E-state index is 13.2. The minimum Gasteiger partial charge on any atom is -0.370 e. The van der Waals surface area contributed by atoms with Gasteiger partial charge in [-0.25, -0.2) is 14.4 Å². The molecule has 0 radical (unpaired) electrons. The highest BCUT2D eigenvalue weighted by atomic mass is 35.5. The lowest BCUT2D eigenvalue weighted by Gasteiger charge is -2.11. The largest absolute Gasteiger partial charge is 0.370 e. The number of rotatable bonds is 5. The first-order chi connectivity index (χ1) is 9.99. The molecule has 0 saturated heterocycles. The minimum atomic E-state index is -0.367. The smallest absolute Gasteiger partial charge is 0.163 e. The van der Waals surface area contributed by atoms with Crippen LogP contribution in [0.1, 0.15) is 26.5 Å². The van der Waals surface area contributed by atoms with Crippen molar-refractivity contribution >= 4 is 17.4 Å². The summed E-state index contributed by atoms with van der Waals surface area (Å²) in [7, 11) is 0. The molecule has 0 atom stereocenters. The molecule has 2 aromatic rings. The summed E-state index contributed by atoms with van der Waals surface area (Å²) >= 11 is 6.11. The molecule has 0 fully saturated rings. The zero-order chi connectivity index (χ0) is 15.4. The molecule has 1 N–H and O–H groups in total. The van der Waals surface area contributed by atoms with Gasteiger partial charge >= 0.3 is 0 Å². The Morgan fingerprint density at radius 2 is 2.00 bits per heavy atom. The van der Waals surface area contributed by atoms with Crippen LogP contribution in [0.25, 0.3) is 11.4 Å². The van der Waals surface area contributed by atoms with E-state index in [1.54, 1.807) is 6.07 Å². The Labute approximate surface area is 129 Å². The normalized spacial score (nSPS) is 11.0. The molecule has 1 aromatic carbocycles. The van der Waals surface area contributed by atoms with E-state index in [2.05, 4.69) is 29.1 Å². The third-order valence-electron chi connectivity index (χ3n) is 2.93. The van der Waals surface area contributed by atoms with Gasteiger partial charge in [-0.3, -0.25) is 0 Å². The van der Waals surface area contributed by atoms with E-state index in [0.29, 0.717) is 22.3 Å². The van der Waals surface area contributed by atoms with Crippen LogP contribution in [0, 0.1) is 11.7 Å². The first-order valence-electron chi connectivity index (χ1n) is 7.06. The first-order valence-corrected chi connectivity index (χ1v) is 7.44. The molecule has 0 unspecified atom stereocenters. The van der Waals surface area contributed by atoms with Crippen molar-refractivity contribution in [2.75, 3.05) is 11.9 Å². The summed E-state index contributed by atoms with van der Waals surface area (Å²) < 4.78 is 13.2. The molecular weight excluding hydrogens is 289 g/mol. The number of hydrogen-bond donors (Lipinski definition) is 1. The van der Waals surface area contributed by atoms with E-state index < -0.39 is 0 Å². The molecule has 0 bridgehead atoms. The van der Waals surface area contributed by atoms with Crippen LogP contribution >= 0.6 is 11.6 Å². The van der Waals surface area contributed by atoms with Crippen molar-refractivity contribution in [2.45, 2.75) is 27.2 Å². The number of hydrogen-bond acceptors (Lipinski definition) is 3. The van der Waals surface area contributed by atoms with E-state index in [9.17, 15) is 4.39 Å². The van der Waals surface area contributed by atoms with Crippen LogP contribution < -0.4 is 5.32 Å². The predicted octanol–water partition coefficient (Wildman–Crippen LogP) is 4.57. The lowest BCUT2D eigenvalue weighted by Crippen LogP contribution is -2.06. The molecule has 2 rings (SSSR count). The predicted molar refractivity (Wildman–Crippen MR) is 85.1 cm³/mol. The van der Waals surface area contributed by atoms with Crippen LogP contribution in [0.5, 0.6) is 0 Å². The second-order valence-corrected chi connectivity index (χ2v) is 5.73. The highest BCUT2D eigenvalue weighted by Crippen LogP contribution is 2.27. The Balaban J connectivity index is 2.48. The van der Waals surface area contributed by atoms with Gasteiger partial charge in [0, 0.05) is 23.9 Å². The molecule has 112 valence electrons. The van der Waals surface area contributed by atoms with Crippen molar-refractivity contribution in [3.63, 3.8) is 0 Å². The van der Waals surface area contributed by atoms with Crippen LogP contribution in [0.3, 0.4) is 0 Å². The molecule has 3 nitrogen and oxygen atoms in total. The summed E-state index contributed by atoms with van der Waals surface area (Å²) in [6.07, 6.45) is 0.854. The van der Waals surface area contributed by atoms with Crippen molar-refractivity contribution < 1.29 is 4.39 Å². The van der Waals surface area contributed by atoms with Crippen molar-refractivity contribution in [3.05, 3.63) is 40.8 Å². The van der Waals surface area contributed by atoms with Crippen LogP contribution in [0.4, 0.5) is 10.2 Å². The maximum atomic E-state index is 13.2. The van der Waals surface area contributed by atoms with E-state index in [4.69, 9.17) is 11.6 Å². The topological polar surface area (TPSA) is 37.8 Å². The van der Waals surface area contributed by atoms with Crippen LogP contribution in [0.2, 0.25) is 5.02 Å². The van der Waals surface area contributed by atoms with Gasteiger partial charge in [0.15, 0.2) is 5.82 Å². The van der Waals surface area contributed by atoms with Gasteiger partial charge in [-0.05, 0) is 37.5 Å². The Bertz CT molecular complexity index is 629. The Morgan fingerprint density at radius 3 is 2.62 bits per heavy atom. The first kappa shape index (κ1) is 15.7. The molecule has 1 aromatic heterocycles. The van der Waals surface area contributed by atoms with Crippen molar-refractivity contribution in [1.82, 2.24) is 9.97 Å². The molecular formula is C16H19ClFN3. The molecule has 1 heterocycles.